The summed E-state index contributed by atoms with van der Waals surface area (Å²) in [5.74, 6) is -0.797. The minimum absolute atomic E-state index is 0.0864. The highest BCUT2D eigenvalue weighted by molar-refractivity contribution is 8.05. The molecule has 5 aromatic carbocycles. The summed E-state index contributed by atoms with van der Waals surface area (Å²) in [6.07, 6.45) is 6.00. The second-order valence-corrected chi connectivity index (χ2v) is 17.5. The number of hydrogen-bond acceptors (Lipinski definition) is 16. The van der Waals surface area contributed by atoms with Gasteiger partial charge in [-0.2, -0.15) is 46.7 Å². The van der Waals surface area contributed by atoms with Crippen molar-refractivity contribution in [3.8, 4) is 0 Å². The largest absolute Gasteiger partial charge is 0.324 e. The maximum absolute atomic E-state index is 13.1. The fourth-order valence-electron chi connectivity index (χ4n) is 6.44. The quantitative estimate of drug-likeness (QED) is 0.0423. The molecule has 1 unspecified atom stereocenters. The van der Waals surface area contributed by atoms with Crippen LogP contribution >= 0.6 is 0 Å². The van der Waals surface area contributed by atoms with Crippen LogP contribution in [0.2, 0.25) is 0 Å². The minimum atomic E-state index is -5.58. The van der Waals surface area contributed by atoms with Crippen LogP contribution < -0.4 is 31.9 Å². The molecule has 1 atom stereocenters. The number of hydrogen-bond donors (Lipinski definition) is 8. The minimum Gasteiger partial charge on any atom is -0.324 e. The summed E-state index contributed by atoms with van der Waals surface area (Å²) in [6.45, 7) is 0. The first-order valence-electron chi connectivity index (χ1n) is 19.4. The van der Waals surface area contributed by atoms with Gasteiger partial charge in [0.15, 0.2) is 0 Å². The Bertz CT molecular complexity index is 2910. The zero-order valence-electron chi connectivity index (χ0n) is 33.3. The molecule has 0 amide bonds. The number of para-hydroxylation sites is 4. The van der Waals surface area contributed by atoms with E-state index >= 15 is 0 Å². The molecule has 2 aromatic heterocycles. The van der Waals surface area contributed by atoms with E-state index in [0.717, 1.165) is 11.4 Å². The molecule has 1 aliphatic carbocycles. The molecular weight excluding hydrogens is 857 g/mol. The van der Waals surface area contributed by atoms with Crippen molar-refractivity contribution in [1.29, 1.82) is 0 Å². The third-order valence-corrected chi connectivity index (χ3v) is 13.1. The maximum atomic E-state index is 13.1. The zero-order chi connectivity index (χ0) is 44.6. The van der Waals surface area contributed by atoms with Crippen molar-refractivity contribution in [3.05, 3.63) is 181 Å². The first kappa shape index (κ1) is 42.6. The molecule has 0 fully saturated rings. The van der Waals surface area contributed by atoms with Gasteiger partial charge >= 0.3 is 0 Å². The SMILES string of the molecule is O=S(=O)(O)C1(S(=O)(=O)O)C=C(Nc2nc(Nc3ccccc3)nc(Nc3ccccc3)n2)C=CC1C=Cc1ccc(Nc2nc(Nc3ccccc3)nc(Nc3ccccc3)n2)cc1. The van der Waals surface area contributed by atoms with Crippen molar-refractivity contribution in [1.82, 2.24) is 29.9 Å². The van der Waals surface area contributed by atoms with E-state index in [9.17, 15) is 25.9 Å². The Balaban J connectivity index is 1.04. The Kier molecular flexibility index (Phi) is 12.3. The van der Waals surface area contributed by atoms with Crippen molar-refractivity contribution >= 4 is 90.4 Å². The van der Waals surface area contributed by atoms with Crippen LogP contribution in [0.25, 0.3) is 6.08 Å². The van der Waals surface area contributed by atoms with Crippen molar-refractivity contribution in [2.24, 2.45) is 5.92 Å². The average molecular weight is 895 g/mol. The fraction of sp³-hybridized carbons (Fsp3) is 0.0455. The molecule has 0 spiro atoms. The second kappa shape index (κ2) is 18.5. The molecule has 2 heterocycles. The molecule has 64 heavy (non-hydrogen) atoms. The Morgan fingerprint density at radius 2 is 0.750 bits per heavy atom. The van der Waals surface area contributed by atoms with E-state index in [1.54, 1.807) is 48.5 Å². The summed E-state index contributed by atoms with van der Waals surface area (Å²) in [4.78, 5) is 26.8. The Hall–Kier alpha value is -8.04. The highest BCUT2D eigenvalue weighted by Gasteiger charge is 2.58. The zero-order valence-corrected chi connectivity index (χ0v) is 35.0. The summed E-state index contributed by atoms with van der Waals surface area (Å²) >= 11 is 0. The van der Waals surface area contributed by atoms with Crippen LogP contribution in [0, 0.1) is 5.92 Å². The third kappa shape index (κ3) is 10.3. The maximum Gasteiger partial charge on any atom is 0.292 e. The highest BCUT2D eigenvalue weighted by atomic mass is 32.3. The van der Waals surface area contributed by atoms with Gasteiger partial charge in [-0.3, -0.25) is 9.11 Å². The Morgan fingerprint density at radius 1 is 0.438 bits per heavy atom. The molecule has 322 valence electrons. The summed E-state index contributed by atoms with van der Waals surface area (Å²) in [6, 6.07) is 43.6. The number of aromatic nitrogens is 6. The van der Waals surface area contributed by atoms with Gasteiger partial charge < -0.3 is 31.9 Å². The molecule has 0 aliphatic heterocycles. The van der Waals surface area contributed by atoms with Gasteiger partial charge in [-0.15, -0.1) is 0 Å². The standard InChI is InChI=1S/C44H38N12O6S2/c57-63(58,59)44(64(60,61)62)29-37(50-43-55-40(47-34-17-9-3-10-18-34)52-41(56-43)48-35-19-11-4-12-20-35)28-25-31(44)24-21-30-22-26-36(27-23-30)49-42-53-38(45-32-13-5-1-6-14-32)51-39(54-42)46-33-15-7-2-8-16-33/h1-29,31H,(H,57,58,59)(H,60,61,62)(H3,45,46,49,51,53,54)(H3,47,48,50,52,55,56). The van der Waals surface area contributed by atoms with E-state index in [1.807, 2.05) is 97.1 Å². The van der Waals surface area contributed by atoms with Gasteiger partial charge in [-0.1, -0.05) is 103 Å². The molecule has 1 aliphatic rings. The van der Waals surface area contributed by atoms with Gasteiger partial charge in [0.25, 0.3) is 24.3 Å². The van der Waals surface area contributed by atoms with E-state index < -0.39 is 30.2 Å². The second-order valence-electron chi connectivity index (χ2n) is 14.0. The van der Waals surface area contributed by atoms with E-state index in [0.29, 0.717) is 28.7 Å². The molecule has 0 saturated heterocycles. The predicted molar refractivity (Wildman–Crippen MR) is 247 cm³/mol. The number of benzene rings is 5. The molecule has 20 heteroatoms. The van der Waals surface area contributed by atoms with Crippen LogP contribution in [0.15, 0.2) is 176 Å². The van der Waals surface area contributed by atoms with Gasteiger partial charge in [-0.25, -0.2) is 0 Å². The smallest absolute Gasteiger partial charge is 0.292 e. The van der Waals surface area contributed by atoms with Crippen molar-refractivity contribution in [2.45, 2.75) is 4.08 Å². The van der Waals surface area contributed by atoms with Crippen molar-refractivity contribution in [2.75, 3.05) is 31.9 Å². The van der Waals surface area contributed by atoms with Gasteiger partial charge in [-0.05, 0) is 78.4 Å². The first-order valence-corrected chi connectivity index (χ1v) is 22.2. The molecule has 7 aromatic rings. The Labute approximate surface area is 367 Å². The first-order chi connectivity index (χ1) is 30.9. The number of rotatable bonds is 16. The normalized spacial score (nSPS) is 14.6. The predicted octanol–water partition coefficient (Wildman–Crippen LogP) is 8.44. The van der Waals surface area contributed by atoms with Gasteiger partial charge in [0.2, 0.25) is 35.7 Å². The molecule has 18 nitrogen and oxygen atoms in total. The molecule has 0 radical (unpaired) electrons. The molecular formula is C44H38N12O6S2. The molecule has 0 saturated carbocycles. The lowest BCUT2D eigenvalue weighted by molar-refractivity contribution is 0.424. The van der Waals surface area contributed by atoms with Crippen molar-refractivity contribution < 1.29 is 25.9 Å². The van der Waals surface area contributed by atoms with Gasteiger partial charge in [0, 0.05) is 40.1 Å². The number of anilines is 11. The van der Waals surface area contributed by atoms with Crippen molar-refractivity contribution in [3.63, 3.8) is 0 Å². The van der Waals surface area contributed by atoms with E-state index in [-0.39, 0.29) is 41.4 Å². The van der Waals surface area contributed by atoms with Crippen LogP contribution in [-0.4, -0.2) is 59.9 Å². The third-order valence-electron chi connectivity index (χ3n) is 9.42. The van der Waals surface area contributed by atoms with E-state index in [4.69, 9.17) is 0 Å². The van der Waals surface area contributed by atoms with E-state index in [1.165, 1.54) is 24.3 Å². The Morgan fingerprint density at radius 3 is 1.08 bits per heavy atom. The van der Waals surface area contributed by atoms with Gasteiger partial charge in [0.1, 0.15) is 0 Å². The monoisotopic (exact) mass is 894 g/mol. The lowest BCUT2D eigenvalue weighted by Gasteiger charge is -2.32. The number of nitrogens with zero attached hydrogens (tertiary/aromatic N) is 6. The summed E-state index contributed by atoms with van der Waals surface area (Å²) < 4.78 is 70.4. The number of allylic oxidation sites excluding steroid dienone is 3. The van der Waals surface area contributed by atoms with Crippen LogP contribution in [0.1, 0.15) is 5.56 Å². The highest BCUT2D eigenvalue weighted by Crippen LogP contribution is 2.40. The summed E-state index contributed by atoms with van der Waals surface area (Å²) in [5, 5.41) is 18.5. The summed E-state index contributed by atoms with van der Waals surface area (Å²) in [5.41, 5.74) is 3.76. The van der Waals surface area contributed by atoms with Gasteiger partial charge in [0.05, 0.1) is 0 Å². The molecule has 8 N–H and O–H groups in total. The average Bonchev–Trinajstić information content (AvgIpc) is 3.27. The number of nitrogens with one attached hydrogen (secondary N) is 6. The van der Waals surface area contributed by atoms with Crippen LogP contribution in [-0.2, 0) is 20.2 Å². The van der Waals surface area contributed by atoms with Crippen LogP contribution in [0.3, 0.4) is 0 Å². The lowest BCUT2D eigenvalue weighted by atomic mass is 9.96. The van der Waals surface area contributed by atoms with Crippen LogP contribution in [0.5, 0.6) is 0 Å². The molecule has 0 bridgehead atoms. The topological polar surface area (TPSA) is 258 Å². The van der Waals surface area contributed by atoms with E-state index in [2.05, 4.69) is 61.8 Å². The molecule has 8 rings (SSSR count). The lowest BCUT2D eigenvalue weighted by Crippen LogP contribution is -2.50. The fourth-order valence-corrected chi connectivity index (χ4v) is 9.06. The summed E-state index contributed by atoms with van der Waals surface area (Å²) in [7, 11) is -11.2. The van der Waals surface area contributed by atoms with Crippen LogP contribution in [0.4, 0.5) is 64.1 Å².